The van der Waals surface area contributed by atoms with E-state index in [2.05, 4.69) is 17.6 Å². The molecule has 0 aliphatic rings. The van der Waals surface area contributed by atoms with E-state index in [1.807, 2.05) is 66.7 Å². The standard InChI is InChI=1S/C21H22N2O2/c1-2-16-9-6-7-12-18(16)23-20(24)15-22-21(19-13-8-14-25-19)17-10-4-3-5-11-17/h3-14,21-22H,2,15H2,1H3,(H,23,24)/t21-/m1/s1. The Kier molecular flexibility index (Phi) is 5.65. The average molecular weight is 334 g/mol. The fourth-order valence-electron chi connectivity index (χ4n) is 2.82. The zero-order chi connectivity index (χ0) is 17.5. The Morgan fingerprint density at radius 2 is 1.76 bits per heavy atom. The van der Waals surface area contributed by atoms with Crippen LogP contribution in [0.2, 0.25) is 0 Å². The van der Waals surface area contributed by atoms with Crippen LogP contribution in [-0.4, -0.2) is 12.5 Å². The van der Waals surface area contributed by atoms with E-state index in [0.717, 1.165) is 29.0 Å². The molecule has 1 atom stereocenters. The molecule has 1 amide bonds. The van der Waals surface area contributed by atoms with E-state index in [-0.39, 0.29) is 18.5 Å². The van der Waals surface area contributed by atoms with Gasteiger partial charge < -0.3 is 9.73 Å². The predicted octanol–water partition coefficient (Wildman–Crippen LogP) is 4.16. The maximum atomic E-state index is 12.4. The number of para-hydroxylation sites is 1. The van der Waals surface area contributed by atoms with Gasteiger partial charge in [0.1, 0.15) is 5.76 Å². The first-order valence-corrected chi connectivity index (χ1v) is 8.47. The van der Waals surface area contributed by atoms with Crippen molar-refractivity contribution >= 4 is 11.6 Å². The van der Waals surface area contributed by atoms with Gasteiger partial charge in [0.15, 0.2) is 0 Å². The highest BCUT2D eigenvalue weighted by atomic mass is 16.3. The van der Waals surface area contributed by atoms with Gasteiger partial charge in [-0.25, -0.2) is 0 Å². The lowest BCUT2D eigenvalue weighted by atomic mass is 10.0. The van der Waals surface area contributed by atoms with Gasteiger partial charge in [0.2, 0.25) is 5.91 Å². The summed E-state index contributed by atoms with van der Waals surface area (Å²) in [4.78, 5) is 12.4. The largest absolute Gasteiger partial charge is 0.467 e. The second-order valence-corrected chi connectivity index (χ2v) is 5.80. The SMILES string of the molecule is CCc1ccccc1NC(=O)CN[C@H](c1ccccc1)c1ccco1. The topological polar surface area (TPSA) is 54.3 Å². The smallest absolute Gasteiger partial charge is 0.238 e. The third-order valence-corrected chi connectivity index (χ3v) is 4.10. The molecule has 0 bridgehead atoms. The Morgan fingerprint density at radius 3 is 2.48 bits per heavy atom. The van der Waals surface area contributed by atoms with Crippen molar-refractivity contribution in [3.8, 4) is 0 Å². The summed E-state index contributed by atoms with van der Waals surface area (Å²) in [6, 6.07) is 21.4. The Labute approximate surface area is 147 Å². The van der Waals surface area contributed by atoms with Crippen LogP contribution < -0.4 is 10.6 Å². The predicted molar refractivity (Wildman–Crippen MR) is 99.4 cm³/mol. The van der Waals surface area contributed by atoms with E-state index >= 15 is 0 Å². The summed E-state index contributed by atoms with van der Waals surface area (Å²) in [5, 5.41) is 6.27. The molecule has 2 N–H and O–H groups in total. The summed E-state index contributed by atoms with van der Waals surface area (Å²) in [5.41, 5.74) is 3.05. The first-order valence-electron chi connectivity index (χ1n) is 8.47. The Morgan fingerprint density at radius 1 is 1.00 bits per heavy atom. The summed E-state index contributed by atoms with van der Waals surface area (Å²) in [6.45, 7) is 2.27. The van der Waals surface area contributed by atoms with Crippen LogP contribution in [0.15, 0.2) is 77.4 Å². The van der Waals surface area contributed by atoms with Crippen molar-refractivity contribution < 1.29 is 9.21 Å². The van der Waals surface area contributed by atoms with E-state index in [1.165, 1.54) is 0 Å². The molecule has 0 unspecified atom stereocenters. The molecule has 128 valence electrons. The number of aryl methyl sites for hydroxylation is 1. The van der Waals surface area contributed by atoms with Crippen LogP contribution in [0.4, 0.5) is 5.69 Å². The first kappa shape index (κ1) is 17.0. The van der Waals surface area contributed by atoms with Crippen molar-refractivity contribution in [1.82, 2.24) is 5.32 Å². The lowest BCUT2D eigenvalue weighted by Gasteiger charge is -2.17. The van der Waals surface area contributed by atoms with E-state index in [9.17, 15) is 4.79 Å². The molecule has 3 rings (SSSR count). The molecule has 4 nitrogen and oxygen atoms in total. The van der Waals surface area contributed by atoms with E-state index in [1.54, 1.807) is 6.26 Å². The van der Waals surface area contributed by atoms with Crippen molar-refractivity contribution in [3.63, 3.8) is 0 Å². The molecule has 0 aliphatic carbocycles. The van der Waals surface area contributed by atoms with E-state index in [4.69, 9.17) is 4.42 Å². The lowest BCUT2D eigenvalue weighted by Crippen LogP contribution is -2.32. The van der Waals surface area contributed by atoms with Gasteiger partial charge in [0.25, 0.3) is 0 Å². The number of carbonyl (C=O) groups is 1. The van der Waals surface area contributed by atoms with Gasteiger partial charge >= 0.3 is 0 Å². The van der Waals surface area contributed by atoms with Gasteiger partial charge in [-0.1, -0.05) is 55.5 Å². The number of hydrogen-bond donors (Lipinski definition) is 2. The summed E-state index contributed by atoms with van der Waals surface area (Å²) < 4.78 is 5.54. The highest BCUT2D eigenvalue weighted by Gasteiger charge is 2.17. The highest BCUT2D eigenvalue weighted by molar-refractivity contribution is 5.93. The number of benzene rings is 2. The molecule has 0 radical (unpaired) electrons. The lowest BCUT2D eigenvalue weighted by molar-refractivity contribution is -0.115. The quantitative estimate of drug-likeness (QED) is 0.682. The zero-order valence-corrected chi connectivity index (χ0v) is 14.2. The van der Waals surface area contributed by atoms with Crippen LogP contribution in [0.1, 0.15) is 29.9 Å². The van der Waals surface area contributed by atoms with E-state index in [0.29, 0.717) is 0 Å². The summed E-state index contributed by atoms with van der Waals surface area (Å²) >= 11 is 0. The van der Waals surface area contributed by atoms with Crippen LogP contribution in [-0.2, 0) is 11.2 Å². The van der Waals surface area contributed by atoms with Crippen molar-refractivity contribution in [3.05, 3.63) is 89.9 Å². The molecule has 1 heterocycles. The zero-order valence-electron chi connectivity index (χ0n) is 14.2. The molecular formula is C21H22N2O2. The third-order valence-electron chi connectivity index (χ3n) is 4.10. The molecular weight excluding hydrogens is 312 g/mol. The Hall–Kier alpha value is -2.85. The monoisotopic (exact) mass is 334 g/mol. The van der Waals surface area contributed by atoms with Crippen LogP contribution in [0, 0.1) is 0 Å². The minimum atomic E-state index is -0.164. The molecule has 0 saturated carbocycles. The number of nitrogens with one attached hydrogen (secondary N) is 2. The van der Waals surface area contributed by atoms with Crippen molar-refractivity contribution in [2.45, 2.75) is 19.4 Å². The van der Waals surface area contributed by atoms with Crippen molar-refractivity contribution in [1.29, 1.82) is 0 Å². The van der Waals surface area contributed by atoms with Crippen molar-refractivity contribution in [2.75, 3.05) is 11.9 Å². The molecule has 2 aromatic carbocycles. The molecule has 0 saturated heterocycles. The first-order chi connectivity index (χ1) is 12.3. The number of amides is 1. The molecule has 0 fully saturated rings. The molecule has 0 aliphatic heterocycles. The summed E-state index contributed by atoms with van der Waals surface area (Å²) in [7, 11) is 0. The van der Waals surface area contributed by atoms with Gasteiger partial charge in [0.05, 0.1) is 18.8 Å². The number of carbonyl (C=O) groups excluding carboxylic acids is 1. The molecule has 3 aromatic rings. The van der Waals surface area contributed by atoms with Gasteiger partial charge in [-0.15, -0.1) is 0 Å². The van der Waals surface area contributed by atoms with Gasteiger partial charge in [-0.05, 0) is 35.7 Å². The van der Waals surface area contributed by atoms with Crippen LogP contribution in [0.25, 0.3) is 0 Å². The van der Waals surface area contributed by atoms with Gasteiger partial charge in [-0.2, -0.15) is 0 Å². The minimum absolute atomic E-state index is 0.0756. The maximum absolute atomic E-state index is 12.4. The van der Waals surface area contributed by atoms with E-state index < -0.39 is 0 Å². The second-order valence-electron chi connectivity index (χ2n) is 5.80. The van der Waals surface area contributed by atoms with Gasteiger partial charge in [-0.3, -0.25) is 10.1 Å². The fraction of sp³-hybridized carbons (Fsp3) is 0.190. The average Bonchev–Trinajstić information content (AvgIpc) is 3.18. The Bertz CT molecular complexity index is 798. The van der Waals surface area contributed by atoms with Crippen LogP contribution >= 0.6 is 0 Å². The molecule has 25 heavy (non-hydrogen) atoms. The summed E-state index contributed by atoms with van der Waals surface area (Å²) in [5.74, 6) is 0.710. The second kappa shape index (κ2) is 8.31. The van der Waals surface area contributed by atoms with Gasteiger partial charge in [0, 0.05) is 5.69 Å². The summed E-state index contributed by atoms with van der Waals surface area (Å²) in [6.07, 6.45) is 2.52. The Balaban J connectivity index is 1.68. The van der Waals surface area contributed by atoms with Crippen LogP contribution in [0.5, 0.6) is 0 Å². The fourth-order valence-corrected chi connectivity index (χ4v) is 2.82. The molecule has 4 heteroatoms. The number of rotatable bonds is 7. The highest BCUT2D eigenvalue weighted by Crippen LogP contribution is 2.22. The number of furan rings is 1. The van der Waals surface area contributed by atoms with Crippen molar-refractivity contribution in [2.24, 2.45) is 0 Å². The minimum Gasteiger partial charge on any atom is -0.467 e. The third kappa shape index (κ3) is 4.37. The molecule has 1 aromatic heterocycles. The maximum Gasteiger partial charge on any atom is 0.238 e. The number of anilines is 1. The normalized spacial score (nSPS) is 11.9. The molecule has 0 spiro atoms. The van der Waals surface area contributed by atoms with Crippen LogP contribution in [0.3, 0.4) is 0 Å². The number of hydrogen-bond acceptors (Lipinski definition) is 3.